The van der Waals surface area contributed by atoms with Gasteiger partial charge in [0.15, 0.2) is 0 Å². The number of hydrogen-bond acceptors (Lipinski definition) is 4. The quantitative estimate of drug-likeness (QED) is 0.926. The van der Waals surface area contributed by atoms with Crippen molar-refractivity contribution in [3.05, 3.63) is 58.0 Å². The molecule has 1 aromatic heterocycles. The molecule has 3 rings (SSSR count). The van der Waals surface area contributed by atoms with Gasteiger partial charge in [-0.25, -0.2) is 0 Å². The minimum Gasteiger partial charge on any atom is -0.497 e. The van der Waals surface area contributed by atoms with Gasteiger partial charge in [-0.05, 0) is 42.5 Å². The molecular weight excluding hydrogens is 320 g/mol. The number of hydrogen-bond donors (Lipinski definition) is 1. The van der Waals surface area contributed by atoms with Gasteiger partial charge in [-0.15, -0.1) is 0 Å². The molecule has 1 fully saturated rings. The summed E-state index contributed by atoms with van der Waals surface area (Å²) in [5.74, 6) is 1.44. The van der Waals surface area contributed by atoms with Crippen molar-refractivity contribution < 1.29 is 14.3 Å². The molecule has 2 heterocycles. The zero-order valence-corrected chi connectivity index (χ0v) is 14.5. The first-order chi connectivity index (χ1) is 12.1. The molecule has 1 N–H and O–H groups in total. The van der Waals surface area contributed by atoms with Gasteiger partial charge < -0.3 is 19.4 Å². The smallest absolute Gasteiger partial charge is 0.257 e. The molecule has 1 aromatic carbocycles. The Labute approximate surface area is 146 Å². The molecule has 132 valence electrons. The van der Waals surface area contributed by atoms with Crippen LogP contribution >= 0.6 is 0 Å². The number of aromatic nitrogens is 1. The van der Waals surface area contributed by atoms with Gasteiger partial charge in [0.25, 0.3) is 5.91 Å². The first-order valence-electron chi connectivity index (χ1n) is 8.32. The van der Waals surface area contributed by atoms with Crippen LogP contribution in [0.1, 0.15) is 34.7 Å². The monoisotopic (exact) mass is 342 g/mol. The van der Waals surface area contributed by atoms with Crippen LogP contribution in [0, 0.1) is 0 Å². The highest BCUT2D eigenvalue weighted by Crippen LogP contribution is 2.30. The Morgan fingerprint density at radius 3 is 2.52 bits per heavy atom. The van der Waals surface area contributed by atoms with E-state index < -0.39 is 0 Å². The average molecular weight is 342 g/mol. The van der Waals surface area contributed by atoms with Crippen molar-refractivity contribution in [3.63, 3.8) is 0 Å². The minimum absolute atomic E-state index is 0.0381. The zero-order valence-electron chi connectivity index (χ0n) is 14.5. The number of rotatable bonds is 4. The number of ether oxygens (including phenoxy) is 2. The second kappa shape index (κ2) is 7.42. The van der Waals surface area contributed by atoms with Crippen LogP contribution in [0.5, 0.6) is 11.5 Å². The van der Waals surface area contributed by atoms with Crippen molar-refractivity contribution >= 4 is 5.91 Å². The fourth-order valence-electron chi connectivity index (χ4n) is 3.28. The van der Waals surface area contributed by atoms with E-state index in [9.17, 15) is 9.59 Å². The third kappa shape index (κ3) is 3.68. The number of piperidine rings is 1. The van der Waals surface area contributed by atoms with E-state index in [2.05, 4.69) is 4.98 Å². The molecule has 0 spiro atoms. The predicted molar refractivity (Wildman–Crippen MR) is 94.5 cm³/mol. The lowest BCUT2D eigenvalue weighted by Crippen LogP contribution is -2.38. The third-order valence-corrected chi connectivity index (χ3v) is 4.69. The molecule has 0 radical (unpaired) electrons. The van der Waals surface area contributed by atoms with Gasteiger partial charge in [0.1, 0.15) is 11.5 Å². The van der Waals surface area contributed by atoms with E-state index in [1.54, 1.807) is 44.7 Å². The lowest BCUT2D eigenvalue weighted by molar-refractivity contribution is 0.0709. The Balaban J connectivity index is 1.70. The number of likely N-dealkylation sites (tertiary alicyclic amines) is 1. The Bertz CT molecular complexity index is 807. The van der Waals surface area contributed by atoms with Crippen molar-refractivity contribution in [2.24, 2.45) is 0 Å². The SMILES string of the molecule is COc1ccc(C(=O)N2CCC(c3cc[nH]c(=O)c3)CC2)c(OC)c1. The van der Waals surface area contributed by atoms with Crippen molar-refractivity contribution in [1.29, 1.82) is 0 Å². The van der Waals surface area contributed by atoms with Crippen molar-refractivity contribution in [1.82, 2.24) is 9.88 Å². The summed E-state index contributed by atoms with van der Waals surface area (Å²) in [5.41, 5.74) is 1.50. The fourth-order valence-corrected chi connectivity index (χ4v) is 3.28. The Morgan fingerprint density at radius 1 is 1.12 bits per heavy atom. The summed E-state index contributed by atoms with van der Waals surface area (Å²) >= 11 is 0. The van der Waals surface area contributed by atoms with Crippen LogP contribution in [0.25, 0.3) is 0 Å². The standard InChI is InChI=1S/C19H22N2O4/c1-24-15-3-4-16(17(12-15)25-2)19(23)21-9-6-13(7-10-21)14-5-8-20-18(22)11-14/h3-5,8,11-13H,6-7,9-10H2,1-2H3,(H,20,22). The summed E-state index contributed by atoms with van der Waals surface area (Å²) < 4.78 is 10.5. The van der Waals surface area contributed by atoms with Gasteiger partial charge in [-0.1, -0.05) is 0 Å². The van der Waals surface area contributed by atoms with Gasteiger partial charge >= 0.3 is 0 Å². The molecule has 0 aliphatic carbocycles. The number of amides is 1. The molecule has 6 heteroatoms. The van der Waals surface area contributed by atoms with Crippen LogP contribution in [0.3, 0.4) is 0 Å². The van der Waals surface area contributed by atoms with Crippen LogP contribution in [-0.2, 0) is 0 Å². The Morgan fingerprint density at radius 2 is 1.88 bits per heavy atom. The number of pyridine rings is 1. The maximum atomic E-state index is 12.8. The van der Waals surface area contributed by atoms with E-state index in [1.165, 1.54) is 0 Å². The first-order valence-corrected chi connectivity index (χ1v) is 8.32. The maximum absolute atomic E-state index is 12.8. The van der Waals surface area contributed by atoms with Crippen molar-refractivity contribution in [3.8, 4) is 11.5 Å². The number of aromatic amines is 1. The number of benzene rings is 1. The lowest BCUT2D eigenvalue weighted by Gasteiger charge is -2.32. The molecule has 1 aliphatic heterocycles. The average Bonchev–Trinajstić information content (AvgIpc) is 2.67. The fraction of sp³-hybridized carbons (Fsp3) is 0.368. The topological polar surface area (TPSA) is 71.6 Å². The van der Waals surface area contributed by atoms with Crippen LogP contribution < -0.4 is 15.0 Å². The van der Waals surface area contributed by atoms with Crippen LogP contribution in [0.4, 0.5) is 0 Å². The molecule has 1 saturated heterocycles. The molecule has 25 heavy (non-hydrogen) atoms. The van der Waals surface area contributed by atoms with E-state index >= 15 is 0 Å². The normalized spacial score (nSPS) is 15.0. The highest BCUT2D eigenvalue weighted by atomic mass is 16.5. The van der Waals surface area contributed by atoms with Crippen LogP contribution in [0.2, 0.25) is 0 Å². The van der Waals surface area contributed by atoms with Crippen LogP contribution in [-0.4, -0.2) is 43.1 Å². The Kier molecular flexibility index (Phi) is 5.07. The van der Waals surface area contributed by atoms with Gasteiger partial charge in [0, 0.05) is 31.4 Å². The third-order valence-electron chi connectivity index (χ3n) is 4.69. The Hall–Kier alpha value is -2.76. The van der Waals surface area contributed by atoms with Gasteiger partial charge in [-0.3, -0.25) is 9.59 Å². The van der Waals surface area contributed by atoms with Crippen molar-refractivity contribution in [2.45, 2.75) is 18.8 Å². The van der Waals surface area contributed by atoms with Crippen molar-refractivity contribution in [2.75, 3.05) is 27.3 Å². The second-order valence-electron chi connectivity index (χ2n) is 6.12. The molecule has 6 nitrogen and oxygen atoms in total. The molecule has 2 aromatic rings. The van der Waals surface area contributed by atoms with E-state index in [0.29, 0.717) is 36.1 Å². The summed E-state index contributed by atoms with van der Waals surface area (Å²) in [6, 6.07) is 8.81. The molecule has 0 atom stereocenters. The summed E-state index contributed by atoms with van der Waals surface area (Å²) in [4.78, 5) is 28.8. The lowest BCUT2D eigenvalue weighted by atomic mass is 9.90. The van der Waals surface area contributed by atoms with Gasteiger partial charge in [0.2, 0.25) is 5.56 Å². The molecule has 1 amide bonds. The molecule has 0 bridgehead atoms. The largest absolute Gasteiger partial charge is 0.497 e. The van der Waals surface area contributed by atoms with Crippen LogP contribution in [0.15, 0.2) is 41.3 Å². The predicted octanol–water partition coefficient (Wildman–Crippen LogP) is 2.41. The maximum Gasteiger partial charge on any atom is 0.257 e. The summed E-state index contributed by atoms with van der Waals surface area (Å²) in [6.45, 7) is 1.32. The number of carbonyl (C=O) groups excluding carboxylic acids is 1. The molecule has 1 aliphatic rings. The summed E-state index contributed by atoms with van der Waals surface area (Å²) in [7, 11) is 3.13. The number of methoxy groups -OCH3 is 2. The highest BCUT2D eigenvalue weighted by molar-refractivity contribution is 5.97. The number of nitrogens with zero attached hydrogens (tertiary/aromatic N) is 1. The van der Waals surface area contributed by atoms with E-state index in [1.807, 2.05) is 11.0 Å². The zero-order chi connectivity index (χ0) is 17.8. The summed E-state index contributed by atoms with van der Waals surface area (Å²) in [5, 5.41) is 0. The summed E-state index contributed by atoms with van der Waals surface area (Å²) in [6.07, 6.45) is 3.36. The van der Waals surface area contributed by atoms with Gasteiger partial charge in [0.05, 0.1) is 19.8 Å². The number of nitrogens with one attached hydrogen (secondary N) is 1. The highest BCUT2D eigenvalue weighted by Gasteiger charge is 2.26. The first kappa shape index (κ1) is 17.1. The molecular formula is C19H22N2O4. The van der Waals surface area contributed by atoms with E-state index in [0.717, 1.165) is 18.4 Å². The second-order valence-corrected chi connectivity index (χ2v) is 6.12. The minimum atomic E-state index is -0.0843. The van der Waals surface area contributed by atoms with E-state index in [-0.39, 0.29) is 11.5 Å². The van der Waals surface area contributed by atoms with Gasteiger partial charge in [-0.2, -0.15) is 0 Å². The number of H-pyrrole nitrogens is 1. The number of carbonyl (C=O) groups is 1. The van der Waals surface area contributed by atoms with E-state index in [4.69, 9.17) is 9.47 Å². The molecule has 0 saturated carbocycles. The molecule has 0 unspecified atom stereocenters.